The summed E-state index contributed by atoms with van der Waals surface area (Å²) in [5.74, 6) is 0.821. The van der Waals surface area contributed by atoms with Gasteiger partial charge in [-0.1, -0.05) is 40.0 Å². The number of rotatable bonds is 3. The lowest BCUT2D eigenvalue weighted by atomic mass is 9.55. The molecule has 0 bridgehead atoms. The van der Waals surface area contributed by atoms with Crippen LogP contribution in [-0.2, 0) is 4.74 Å². The van der Waals surface area contributed by atoms with Gasteiger partial charge in [0.1, 0.15) is 0 Å². The zero-order valence-electron chi connectivity index (χ0n) is 14.6. The summed E-state index contributed by atoms with van der Waals surface area (Å²) in [6.45, 7) is 7.25. The van der Waals surface area contributed by atoms with Crippen LogP contribution in [0.15, 0.2) is 0 Å². The molecular weight excluding hydrogens is 258 g/mol. The second kappa shape index (κ2) is 5.85. The van der Waals surface area contributed by atoms with Gasteiger partial charge in [0.05, 0.1) is 12.2 Å². The van der Waals surface area contributed by atoms with Crippen molar-refractivity contribution in [3.8, 4) is 0 Å². The van der Waals surface area contributed by atoms with E-state index in [1.165, 1.54) is 57.8 Å². The zero-order chi connectivity index (χ0) is 15.1. The Hall–Kier alpha value is -0.0800. The van der Waals surface area contributed by atoms with E-state index >= 15 is 0 Å². The first-order valence-electron chi connectivity index (χ1n) is 9.28. The lowest BCUT2D eigenvalue weighted by molar-refractivity contribution is -0.189. The highest BCUT2D eigenvalue weighted by atomic mass is 16.5. The highest BCUT2D eigenvalue weighted by molar-refractivity contribution is 5.09. The third-order valence-electron chi connectivity index (χ3n) is 6.62. The quantitative estimate of drug-likeness (QED) is 0.825. The van der Waals surface area contributed by atoms with Crippen molar-refractivity contribution in [3.05, 3.63) is 0 Å². The van der Waals surface area contributed by atoms with Gasteiger partial charge in [-0.15, -0.1) is 0 Å². The summed E-state index contributed by atoms with van der Waals surface area (Å²) in [7, 11) is 2.14. The average Bonchev–Trinajstić information content (AvgIpc) is 2.41. The maximum absolute atomic E-state index is 6.72. The van der Waals surface area contributed by atoms with Gasteiger partial charge in [0.25, 0.3) is 0 Å². The van der Waals surface area contributed by atoms with Crippen molar-refractivity contribution in [2.45, 2.75) is 96.8 Å². The Kier molecular flexibility index (Phi) is 4.40. The van der Waals surface area contributed by atoms with Crippen LogP contribution in [0.25, 0.3) is 0 Å². The van der Waals surface area contributed by atoms with Gasteiger partial charge in [0.2, 0.25) is 0 Å². The molecule has 0 aromatic rings. The van der Waals surface area contributed by atoms with Crippen LogP contribution in [0.2, 0.25) is 0 Å². The van der Waals surface area contributed by atoms with Crippen molar-refractivity contribution in [1.29, 1.82) is 0 Å². The van der Waals surface area contributed by atoms with Crippen molar-refractivity contribution in [2.75, 3.05) is 7.05 Å². The monoisotopic (exact) mass is 293 g/mol. The van der Waals surface area contributed by atoms with Crippen LogP contribution < -0.4 is 5.32 Å². The minimum atomic E-state index is 0.466. The Balaban J connectivity index is 1.64. The molecule has 0 aliphatic heterocycles. The molecule has 3 aliphatic rings. The van der Waals surface area contributed by atoms with E-state index in [4.69, 9.17) is 4.74 Å². The molecule has 122 valence electrons. The van der Waals surface area contributed by atoms with Crippen LogP contribution in [-0.4, -0.2) is 25.3 Å². The summed E-state index contributed by atoms with van der Waals surface area (Å²) in [5, 5.41) is 3.57. The number of hydrogen-bond donors (Lipinski definition) is 1. The van der Waals surface area contributed by atoms with E-state index in [-0.39, 0.29) is 0 Å². The molecule has 3 rings (SSSR count). The fourth-order valence-corrected chi connectivity index (χ4v) is 5.82. The van der Waals surface area contributed by atoms with E-state index in [2.05, 4.69) is 33.1 Å². The van der Waals surface area contributed by atoms with E-state index in [1.807, 2.05) is 0 Å². The minimum Gasteiger partial charge on any atom is -0.374 e. The van der Waals surface area contributed by atoms with Gasteiger partial charge in [-0.05, 0) is 56.9 Å². The summed E-state index contributed by atoms with van der Waals surface area (Å²) in [6, 6.07) is 0.705. The molecule has 1 N–H and O–H groups in total. The van der Waals surface area contributed by atoms with Crippen molar-refractivity contribution in [3.63, 3.8) is 0 Å². The van der Waals surface area contributed by atoms with Crippen molar-refractivity contribution < 1.29 is 4.74 Å². The molecular formula is C19H35NO. The molecule has 2 heteroatoms. The third-order valence-corrected chi connectivity index (χ3v) is 6.62. The maximum atomic E-state index is 6.72. The van der Waals surface area contributed by atoms with Crippen LogP contribution in [0.1, 0.15) is 78.6 Å². The Morgan fingerprint density at radius 3 is 2.33 bits per heavy atom. The Labute approximate surface area is 131 Å². The highest BCUT2D eigenvalue weighted by Gasteiger charge is 2.55. The molecule has 3 fully saturated rings. The Bertz CT molecular complexity index is 359. The maximum Gasteiger partial charge on any atom is 0.0665 e. The SMILES string of the molecule is CNC1CC(OC2CC(C)CC(C)(C)C2)C12CCCCC2. The molecule has 3 aliphatic carbocycles. The third kappa shape index (κ3) is 3.03. The van der Waals surface area contributed by atoms with Crippen molar-refractivity contribution in [1.82, 2.24) is 5.32 Å². The first-order valence-corrected chi connectivity index (χ1v) is 9.28. The predicted octanol–water partition coefficient (Wildman–Crippen LogP) is 4.53. The van der Waals surface area contributed by atoms with E-state index < -0.39 is 0 Å². The molecule has 0 heterocycles. The molecule has 3 saturated carbocycles. The molecule has 0 saturated heterocycles. The zero-order valence-corrected chi connectivity index (χ0v) is 14.6. The fourth-order valence-electron chi connectivity index (χ4n) is 5.82. The predicted molar refractivity (Wildman–Crippen MR) is 88.4 cm³/mol. The van der Waals surface area contributed by atoms with Crippen LogP contribution in [0.4, 0.5) is 0 Å². The summed E-state index contributed by atoms with van der Waals surface area (Å²) >= 11 is 0. The van der Waals surface area contributed by atoms with Gasteiger partial charge in [-0.3, -0.25) is 0 Å². The van der Waals surface area contributed by atoms with Crippen LogP contribution in [0.3, 0.4) is 0 Å². The van der Waals surface area contributed by atoms with Crippen molar-refractivity contribution in [2.24, 2.45) is 16.7 Å². The van der Waals surface area contributed by atoms with Gasteiger partial charge in [-0.25, -0.2) is 0 Å². The summed E-state index contributed by atoms with van der Waals surface area (Å²) in [6.07, 6.45) is 13.2. The van der Waals surface area contributed by atoms with Gasteiger partial charge < -0.3 is 10.1 Å². The molecule has 2 nitrogen and oxygen atoms in total. The second-order valence-electron chi connectivity index (χ2n) is 9.03. The lowest BCUT2D eigenvalue weighted by Gasteiger charge is -2.59. The van der Waals surface area contributed by atoms with E-state index in [9.17, 15) is 0 Å². The largest absolute Gasteiger partial charge is 0.374 e. The average molecular weight is 293 g/mol. The van der Waals surface area contributed by atoms with Gasteiger partial charge in [0, 0.05) is 11.5 Å². The summed E-state index contributed by atoms with van der Waals surface area (Å²) in [4.78, 5) is 0. The standard InChI is InChI=1S/C19H35NO/c1-14-10-15(13-18(2,3)12-14)21-17-11-16(20-4)19(17)8-6-5-7-9-19/h14-17,20H,5-13H2,1-4H3. The fraction of sp³-hybridized carbons (Fsp3) is 1.00. The second-order valence-corrected chi connectivity index (χ2v) is 9.03. The number of nitrogens with one attached hydrogen (secondary N) is 1. The van der Waals surface area contributed by atoms with E-state index in [0.29, 0.717) is 29.1 Å². The normalized spacial score (nSPS) is 41.7. The van der Waals surface area contributed by atoms with E-state index in [0.717, 1.165) is 5.92 Å². The molecule has 21 heavy (non-hydrogen) atoms. The van der Waals surface area contributed by atoms with Crippen LogP contribution in [0, 0.1) is 16.7 Å². The van der Waals surface area contributed by atoms with Gasteiger partial charge >= 0.3 is 0 Å². The molecule has 0 amide bonds. The molecule has 4 unspecified atom stereocenters. The molecule has 0 radical (unpaired) electrons. The Morgan fingerprint density at radius 2 is 1.71 bits per heavy atom. The van der Waals surface area contributed by atoms with Crippen LogP contribution >= 0.6 is 0 Å². The Morgan fingerprint density at radius 1 is 1.00 bits per heavy atom. The van der Waals surface area contributed by atoms with Crippen molar-refractivity contribution >= 4 is 0 Å². The number of hydrogen-bond acceptors (Lipinski definition) is 2. The number of ether oxygens (including phenoxy) is 1. The van der Waals surface area contributed by atoms with Crippen LogP contribution in [0.5, 0.6) is 0 Å². The minimum absolute atomic E-state index is 0.466. The summed E-state index contributed by atoms with van der Waals surface area (Å²) < 4.78 is 6.72. The highest BCUT2D eigenvalue weighted by Crippen LogP contribution is 2.54. The molecule has 1 spiro atoms. The molecule has 4 atom stereocenters. The first kappa shape index (κ1) is 15.8. The molecule has 0 aromatic carbocycles. The summed E-state index contributed by atoms with van der Waals surface area (Å²) in [5.41, 5.74) is 0.937. The first-order chi connectivity index (χ1) is 9.95. The topological polar surface area (TPSA) is 21.3 Å². The van der Waals surface area contributed by atoms with Gasteiger partial charge in [-0.2, -0.15) is 0 Å². The lowest BCUT2D eigenvalue weighted by Crippen LogP contribution is -2.64. The molecule has 0 aromatic heterocycles. The smallest absolute Gasteiger partial charge is 0.0665 e. The van der Waals surface area contributed by atoms with E-state index in [1.54, 1.807) is 0 Å². The van der Waals surface area contributed by atoms with Gasteiger partial charge in [0.15, 0.2) is 0 Å².